The molecule has 0 saturated heterocycles. The number of aryl methyl sites for hydroxylation is 4. The minimum absolute atomic E-state index is 0.0196. The number of nitrogens with zero attached hydrogens (tertiary/aromatic N) is 3. The number of hydrogen-bond donors (Lipinski definition) is 0. The van der Waals surface area contributed by atoms with E-state index in [0.717, 1.165) is 0 Å². The van der Waals surface area contributed by atoms with Gasteiger partial charge in [0.15, 0.2) is 0 Å². The Balaban J connectivity index is 1.37. The summed E-state index contributed by atoms with van der Waals surface area (Å²) < 4.78 is 0. The van der Waals surface area contributed by atoms with Crippen LogP contribution in [0.5, 0.6) is 0 Å². The van der Waals surface area contributed by atoms with Crippen LogP contribution >= 0.6 is 0 Å². The maximum atomic E-state index is 2.88. The average Bonchev–Trinajstić information content (AvgIpc) is 3.38. The summed E-state index contributed by atoms with van der Waals surface area (Å²) in [5, 5.41) is 0. The topological polar surface area (TPSA) is 9.72 Å². The van der Waals surface area contributed by atoms with Crippen LogP contribution in [0.4, 0.5) is 45.5 Å². The summed E-state index contributed by atoms with van der Waals surface area (Å²) in [5.74, 6) is 0. The molecule has 0 N–H and O–H groups in total. The lowest BCUT2D eigenvalue weighted by atomic mass is 9.33. The van der Waals surface area contributed by atoms with Gasteiger partial charge in [0.1, 0.15) is 0 Å². The van der Waals surface area contributed by atoms with Gasteiger partial charge in [0.25, 0.3) is 6.71 Å². The van der Waals surface area contributed by atoms with Gasteiger partial charge < -0.3 is 14.7 Å². The van der Waals surface area contributed by atoms with Crippen LogP contribution in [0, 0.1) is 27.7 Å². The lowest BCUT2D eigenvalue weighted by Crippen LogP contribution is -2.64. The van der Waals surface area contributed by atoms with Gasteiger partial charge in [0.05, 0.1) is 11.2 Å². The highest BCUT2D eigenvalue weighted by atomic mass is 15.3. The maximum absolute atomic E-state index is 2.88. The van der Waals surface area contributed by atoms with Crippen LogP contribution < -0.4 is 31.1 Å². The van der Waals surface area contributed by atoms with Crippen molar-refractivity contribution in [1.29, 1.82) is 0 Å². The molecule has 3 nitrogen and oxygen atoms in total. The molecule has 2 unspecified atom stereocenters. The van der Waals surface area contributed by atoms with Crippen molar-refractivity contribution in [3.05, 3.63) is 149 Å². The summed E-state index contributed by atoms with van der Waals surface area (Å²) in [6.45, 7) is 21.4. The predicted molar refractivity (Wildman–Crippen MR) is 241 cm³/mol. The van der Waals surface area contributed by atoms with E-state index >= 15 is 0 Å². The lowest BCUT2D eigenvalue weighted by Gasteiger charge is -2.53. The summed E-state index contributed by atoms with van der Waals surface area (Å²) >= 11 is 0. The van der Waals surface area contributed by atoms with Gasteiger partial charge in [-0.05, 0) is 134 Å². The van der Waals surface area contributed by atoms with Gasteiger partial charge in [-0.25, -0.2) is 0 Å². The second kappa shape index (κ2) is 12.1. The molecule has 56 heavy (non-hydrogen) atoms. The first-order valence-electron chi connectivity index (χ1n) is 20.9. The minimum atomic E-state index is -0.0743. The fourth-order valence-corrected chi connectivity index (χ4v) is 11.0. The third-order valence-electron chi connectivity index (χ3n) is 14.3. The first kappa shape index (κ1) is 35.2. The van der Waals surface area contributed by atoms with E-state index in [1.165, 1.54) is 115 Å². The molecule has 1 aliphatic carbocycles. The Morgan fingerprint density at radius 2 is 1.21 bits per heavy atom. The molecule has 6 aromatic carbocycles. The second-order valence-corrected chi connectivity index (χ2v) is 18.8. The van der Waals surface area contributed by atoms with Crippen LogP contribution in [-0.2, 0) is 10.8 Å². The Morgan fingerprint density at radius 1 is 0.589 bits per heavy atom. The van der Waals surface area contributed by atoms with Crippen LogP contribution in [0.3, 0.4) is 0 Å². The molecule has 10 rings (SSSR count). The van der Waals surface area contributed by atoms with Crippen molar-refractivity contribution in [2.24, 2.45) is 0 Å². The summed E-state index contributed by atoms with van der Waals surface area (Å²) in [5.41, 5.74) is 22.6. The van der Waals surface area contributed by atoms with Gasteiger partial charge in [-0.2, -0.15) is 0 Å². The Bertz CT molecular complexity index is 2520. The van der Waals surface area contributed by atoms with Crippen molar-refractivity contribution in [3.8, 4) is 0 Å². The molecule has 0 bridgehead atoms. The molecule has 0 spiro atoms. The molecule has 0 amide bonds. The van der Waals surface area contributed by atoms with Gasteiger partial charge in [0.2, 0.25) is 0 Å². The van der Waals surface area contributed by atoms with E-state index in [-0.39, 0.29) is 23.1 Å². The first-order chi connectivity index (χ1) is 26.8. The Morgan fingerprint density at radius 3 is 1.88 bits per heavy atom. The van der Waals surface area contributed by atoms with Gasteiger partial charge in [-0.1, -0.05) is 124 Å². The molecule has 0 radical (unpaired) electrons. The average molecular weight is 732 g/mol. The molecule has 3 aliphatic heterocycles. The van der Waals surface area contributed by atoms with Crippen molar-refractivity contribution in [2.45, 2.75) is 104 Å². The van der Waals surface area contributed by atoms with Crippen molar-refractivity contribution >= 4 is 68.6 Å². The van der Waals surface area contributed by atoms with E-state index in [9.17, 15) is 0 Å². The number of benzene rings is 6. The molecule has 1 fully saturated rings. The molecular weight excluding hydrogens is 677 g/mol. The summed E-state index contributed by atoms with van der Waals surface area (Å²) in [6.07, 6.45) is 4.90. The minimum Gasteiger partial charge on any atom is -0.335 e. The van der Waals surface area contributed by atoms with Crippen molar-refractivity contribution in [2.75, 3.05) is 14.7 Å². The van der Waals surface area contributed by atoms with E-state index < -0.39 is 0 Å². The largest absolute Gasteiger partial charge is 0.335 e. The van der Waals surface area contributed by atoms with Crippen LogP contribution in [0.25, 0.3) is 0 Å². The third kappa shape index (κ3) is 4.84. The molecule has 2 atom stereocenters. The monoisotopic (exact) mass is 731 g/mol. The first-order valence-corrected chi connectivity index (χ1v) is 20.9. The molecular formula is C52H54BN3. The standard InChI is InChI=1S/C52H54BN3/c1-33-19-23-38(24-20-33)54(39-25-21-34(2)22-26-39)40-31-45-47-46(32-40)56-49-41(51(8)27-12-13-28-52(51,56)9)29-37(50(5,6)7)30-43(49)53(47)42-17-14-16-36(4)48(42)55(45)44-18-11-10-15-35(44)3/h10-11,14-26,29-32H,12-13,27-28H2,1-9H3. The van der Waals surface area contributed by atoms with Crippen LogP contribution in [0.1, 0.15) is 93.7 Å². The zero-order chi connectivity index (χ0) is 38.9. The molecule has 4 heteroatoms. The van der Waals surface area contributed by atoms with E-state index in [1.54, 1.807) is 5.56 Å². The zero-order valence-electron chi connectivity index (χ0n) is 34.7. The molecule has 0 aromatic heterocycles. The van der Waals surface area contributed by atoms with Gasteiger partial charge >= 0.3 is 0 Å². The summed E-state index contributed by atoms with van der Waals surface area (Å²) in [6, 6.07) is 44.5. The maximum Gasteiger partial charge on any atom is 0.252 e. The number of anilines is 8. The van der Waals surface area contributed by atoms with E-state index in [1.807, 2.05) is 0 Å². The van der Waals surface area contributed by atoms with E-state index in [2.05, 4.69) is 192 Å². The second-order valence-electron chi connectivity index (χ2n) is 18.8. The fraction of sp³-hybridized carbons (Fsp3) is 0.308. The molecule has 3 heterocycles. The van der Waals surface area contributed by atoms with Gasteiger partial charge in [0, 0.05) is 45.2 Å². The number of hydrogen-bond acceptors (Lipinski definition) is 3. The Kier molecular flexibility index (Phi) is 7.64. The third-order valence-corrected chi connectivity index (χ3v) is 14.3. The van der Waals surface area contributed by atoms with Crippen LogP contribution in [0.15, 0.2) is 115 Å². The zero-order valence-corrected chi connectivity index (χ0v) is 34.7. The highest BCUT2D eigenvalue weighted by Gasteiger charge is 2.61. The number of rotatable bonds is 4. The number of fused-ring (bicyclic) bond motifs is 7. The van der Waals surface area contributed by atoms with Crippen LogP contribution in [-0.4, -0.2) is 12.3 Å². The van der Waals surface area contributed by atoms with Gasteiger partial charge in [-0.3, -0.25) is 0 Å². The van der Waals surface area contributed by atoms with Crippen molar-refractivity contribution in [1.82, 2.24) is 0 Å². The normalized spacial score (nSPS) is 20.3. The Labute approximate surface area is 335 Å². The highest BCUT2D eigenvalue weighted by Crippen LogP contribution is 2.62. The highest BCUT2D eigenvalue weighted by molar-refractivity contribution is 7.00. The Hall–Kier alpha value is -5.22. The molecule has 280 valence electrons. The molecule has 6 aromatic rings. The number of para-hydroxylation sites is 2. The van der Waals surface area contributed by atoms with Crippen LogP contribution in [0.2, 0.25) is 0 Å². The van der Waals surface area contributed by atoms with E-state index in [0.29, 0.717) is 0 Å². The molecule has 1 saturated carbocycles. The fourth-order valence-electron chi connectivity index (χ4n) is 11.0. The van der Waals surface area contributed by atoms with Crippen molar-refractivity contribution < 1.29 is 0 Å². The summed E-state index contributed by atoms with van der Waals surface area (Å²) in [4.78, 5) is 7.99. The van der Waals surface area contributed by atoms with E-state index in [4.69, 9.17) is 0 Å². The lowest BCUT2D eigenvalue weighted by molar-refractivity contribution is 0.195. The predicted octanol–water partition coefficient (Wildman–Crippen LogP) is 12.0. The SMILES string of the molecule is Cc1ccc(N(c2ccc(C)cc2)c2cc3c4c(c2)N2c5c(cc(C(C)(C)C)cc5C5(C)CCCCC25C)B4c2cccc(C)c2N3c2ccccc2C)cc1. The summed E-state index contributed by atoms with van der Waals surface area (Å²) in [7, 11) is 0. The van der Waals surface area contributed by atoms with Gasteiger partial charge in [-0.15, -0.1) is 0 Å². The smallest absolute Gasteiger partial charge is 0.252 e. The quantitative estimate of drug-likeness (QED) is 0.167. The van der Waals surface area contributed by atoms with Crippen molar-refractivity contribution in [3.63, 3.8) is 0 Å². The molecule has 4 aliphatic rings.